The van der Waals surface area contributed by atoms with Crippen LogP contribution in [-0.4, -0.2) is 7.05 Å². The van der Waals surface area contributed by atoms with E-state index in [0.29, 0.717) is 12.1 Å². The summed E-state index contributed by atoms with van der Waals surface area (Å²) in [6.07, 6.45) is 0. The van der Waals surface area contributed by atoms with Crippen LogP contribution in [-0.2, 0) is 13.1 Å². The Morgan fingerprint density at radius 2 is 1.58 bits per heavy atom. The fourth-order valence-corrected chi connectivity index (χ4v) is 2.04. The Kier molecular flexibility index (Phi) is 4.12. The van der Waals surface area contributed by atoms with Crippen molar-refractivity contribution in [2.24, 2.45) is 5.73 Å². The molecular weight excluding hydrogens is 246 g/mol. The lowest BCUT2D eigenvalue weighted by Gasteiger charge is -2.21. The largest absolute Gasteiger partial charge is 0.366 e. The third-order valence-corrected chi connectivity index (χ3v) is 2.96. The van der Waals surface area contributed by atoms with E-state index in [-0.39, 0.29) is 12.2 Å². The fraction of sp³-hybridized carbons (Fsp3) is 0.200. The van der Waals surface area contributed by atoms with Crippen molar-refractivity contribution < 1.29 is 8.78 Å². The predicted octanol–water partition coefficient (Wildman–Crippen LogP) is 3.06. The molecule has 19 heavy (non-hydrogen) atoms. The average Bonchev–Trinajstić information content (AvgIpc) is 2.38. The first kappa shape index (κ1) is 13.5. The van der Waals surface area contributed by atoms with Crippen LogP contribution < -0.4 is 10.6 Å². The highest BCUT2D eigenvalue weighted by Crippen LogP contribution is 2.25. The molecule has 0 saturated heterocycles. The highest BCUT2D eigenvalue weighted by molar-refractivity contribution is 5.50. The van der Waals surface area contributed by atoms with Gasteiger partial charge in [0.15, 0.2) is 0 Å². The summed E-state index contributed by atoms with van der Waals surface area (Å²) in [7, 11) is 1.66. The van der Waals surface area contributed by atoms with Crippen LogP contribution in [0.3, 0.4) is 0 Å². The van der Waals surface area contributed by atoms with Crippen LogP contribution in [0.1, 0.15) is 11.1 Å². The number of hydrogen-bond acceptors (Lipinski definition) is 2. The number of nitrogens with zero attached hydrogens (tertiary/aromatic N) is 1. The van der Waals surface area contributed by atoms with Gasteiger partial charge in [-0.3, -0.25) is 0 Å². The number of anilines is 1. The van der Waals surface area contributed by atoms with Crippen molar-refractivity contribution >= 4 is 5.69 Å². The SMILES string of the molecule is CN(Cc1ccccc1)c1c(F)cc(CN)cc1F. The second kappa shape index (κ2) is 5.80. The summed E-state index contributed by atoms with van der Waals surface area (Å²) in [4.78, 5) is 1.56. The maximum absolute atomic E-state index is 13.9. The van der Waals surface area contributed by atoms with Gasteiger partial charge in [-0.2, -0.15) is 0 Å². The van der Waals surface area contributed by atoms with E-state index in [9.17, 15) is 8.78 Å². The molecule has 2 N–H and O–H groups in total. The number of benzene rings is 2. The minimum atomic E-state index is -0.584. The number of nitrogens with two attached hydrogens (primary N) is 1. The minimum absolute atomic E-state index is 0.0268. The van der Waals surface area contributed by atoms with Crippen molar-refractivity contribution in [3.05, 3.63) is 65.2 Å². The van der Waals surface area contributed by atoms with E-state index in [1.165, 1.54) is 12.1 Å². The number of rotatable bonds is 4. The van der Waals surface area contributed by atoms with Crippen LogP contribution in [0.15, 0.2) is 42.5 Å². The Labute approximate surface area is 111 Å². The highest BCUT2D eigenvalue weighted by atomic mass is 19.1. The Morgan fingerprint density at radius 3 is 2.11 bits per heavy atom. The lowest BCUT2D eigenvalue weighted by atomic mass is 10.1. The Hall–Kier alpha value is -1.94. The first-order chi connectivity index (χ1) is 9.11. The van der Waals surface area contributed by atoms with Gasteiger partial charge in [-0.05, 0) is 23.3 Å². The van der Waals surface area contributed by atoms with E-state index in [4.69, 9.17) is 5.73 Å². The second-order valence-corrected chi connectivity index (χ2v) is 4.45. The van der Waals surface area contributed by atoms with Gasteiger partial charge in [0, 0.05) is 20.1 Å². The molecule has 0 unspecified atom stereocenters. The summed E-state index contributed by atoms with van der Waals surface area (Å²) in [5.74, 6) is -1.17. The van der Waals surface area contributed by atoms with Crippen molar-refractivity contribution in [3.8, 4) is 0 Å². The molecule has 0 aliphatic heterocycles. The lowest BCUT2D eigenvalue weighted by Crippen LogP contribution is -2.19. The van der Waals surface area contributed by atoms with Crippen LogP contribution in [0.4, 0.5) is 14.5 Å². The Balaban J connectivity index is 2.26. The van der Waals surface area contributed by atoms with E-state index in [1.54, 1.807) is 11.9 Å². The second-order valence-electron chi connectivity index (χ2n) is 4.45. The molecule has 2 nitrogen and oxygen atoms in total. The normalized spacial score (nSPS) is 10.5. The first-order valence-electron chi connectivity index (χ1n) is 6.05. The summed E-state index contributed by atoms with van der Waals surface area (Å²) in [5.41, 5.74) is 6.81. The van der Waals surface area contributed by atoms with Crippen molar-refractivity contribution in [3.63, 3.8) is 0 Å². The summed E-state index contributed by atoms with van der Waals surface area (Å²) < 4.78 is 27.8. The highest BCUT2D eigenvalue weighted by Gasteiger charge is 2.15. The summed E-state index contributed by atoms with van der Waals surface area (Å²) in [6.45, 7) is 0.563. The summed E-state index contributed by atoms with van der Waals surface area (Å²) in [6, 6.07) is 12.1. The van der Waals surface area contributed by atoms with Crippen molar-refractivity contribution in [1.82, 2.24) is 0 Å². The zero-order chi connectivity index (χ0) is 13.8. The molecule has 4 heteroatoms. The molecule has 2 aromatic carbocycles. The molecule has 0 aliphatic carbocycles. The lowest BCUT2D eigenvalue weighted by molar-refractivity contribution is 0.573. The van der Waals surface area contributed by atoms with Crippen LogP contribution in [0.5, 0.6) is 0 Å². The molecule has 0 atom stereocenters. The molecule has 0 fully saturated rings. The number of halogens is 2. The molecule has 0 aliphatic rings. The molecular formula is C15H16F2N2. The van der Waals surface area contributed by atoms with E-state index >= 15 is 0 Å². The van der Waals surface area contributed by atoms with Crippen molar-refractivity contribution in [2.75, 3.05) is 11.9 Å². The average molecular weight is 262 g/mol. The standard InChI is InChI=1S/C15H16F2N2/c1-19(10-11-5-3-2-4-6-11)15-13(16)7-12(9-18)8-14(15)17/h2-8H,9-10,18H2,1H3. The van der Waals surface area contributed by atoms with Crippen molar-refractivity contribution in [1.29, 1.82) is 0 Å². The molecule has 0 radical (unpaired) electrons. The topological polar surface area (TPSA) is 29.3 Å². The minimum Gasteiger partial charge on any atom is -0.366 e. The maximum Gasteiger partial charge on any atom is 0.149 e. The molecule has 0 saturated carbocycles. The smallest absolute Gasteiger partial charge is 0.149 e. The zero-order valence-electron chi connectivity index (χ0n) is 10.7. The van der Waals surface area contributed by atoms with Crippen LogP contribution in [0.2, 0.25) is 0 Å². The van der Waals surface area contributed by atoms with Gasteiger partial charge in [0.2, 0.25) is 0 Å². The van der Waals surface area contributed by atoms with Gasteiger partial charge in [-0.1, -0.05) is 30.3 Å². The third kappa shape index (κ3) is 3.09. The van der Waals surface area contributed by atoms with Gasteiger partial charge in [0.25, 0.3) is 0 Å². The summed E-state index contributed by atoms with van der Waals surface area (Å²) in [5, 5.41) is 0. The quantitative estimate of drug-likeness (QED) is 0.917. The maximum atomic E-state index is 13.9. The monoisotopic (exact) mass is 262 g/mol. The van der Waals surface area contributed by atoms with Gasteiger partial charge in [-0.25, -0.2) is 8.78 Å². The van der Waals surface area contributed by atoms with E-state index < -0.39 is 11.6 Å². The molecule has 0 amide bonds. The van der Waals surface area contributed by atoms with Gasteiger partial charge in [-0.15, -0.1) is 0 Å². The Morgan fingerprint density at radius 1 is 1.00 bits per heavy atom. The molecule has 100 valence electrons. The van der Waals surface area contributed by atoms with Crippen LogP contribution in [0.25, 0.3) is 0 Å². The molecule has 0 aromatic heterocycles. The predicted molar refractivity (Wildman–Crippen MR) is 72.8 cm³/mol. The molecule has 0 bridgehead atoms. The zero-order valence-corrected chi connectivity index (χ0v) is 10.7. The van der Waals surface area contributed by atoms with Crippen LogP contribution >= 0.6 is 0 Å². The molecule has 2 aromatic rings. The summed E-state index contributed by atoms with van der Waals surface area (Å²) >= 11 is 0. The van der Waals surface area contributed by atoms with Gasteiger partial charge >= 0.3 is 0 Å². The number of hydrogen-bond donors (Lipinski definition) is 1. The van der Waals surface area contributed by atoms with Gasteiger partial charge < -0.3 is 10.6 Å². The third-order valence-electron chi connectivity index (χ3n) is 2.96. The Bertz CT molecular complexity index is 532. The van der Waals surface area contributed by atoms with Crippen molar-refractivity contribution in [2.45, 2.75) is 13.1 Å². The fourth-order valence-electron chi connectivity index (χ4n) is 2.04. The van der Waals surface area contributed by atoms with E-state index in [1.807, 2.05) is 30.3 Å². The van der Waals surface area contributed by atoms with E-state index in [0.717, 1.165) is 5.56 Å². The van der Waals surface area contributed by atoms with E-state index in [2.05, 4.69) is 0 Å². The van der Waals surface area contributed by atoms with Gasteiger partial charge in [0.1, 0.15) is 17.3 Å². The molecule has 0 spiro atoms. The molecule has 2 rings (SSSR count). The molecule has 0 heterocycles. The van der Waals surface area contributed by atoms with Gasteiger partial charge in [0.05, 0.1) is 0 Å². The first-order valence-corrected chi connectivity index (χ1v) is 6.05. The van der Waals surface area contributed by atoms with Crippen LogP contribution in [0, 0.1) is 11.6 Å².